The van der Waals surface area contributed by atoms with Gasteiger partial charge < -0.3 is 5.11 Å². The van der Waals surface area contributed by atoms with Crippen molar-refractivity contribution in [2.75, 3.05) is 0 Å². The Bertz CT molecular complexity index is 453. The largest absolute Gasteiger partial charge is 0.481 e. The number of hydrogen-bond acceptors (Lipinski definition) is 2. The number of halogens is 1. The van der Waals surface area contributed by atoms with Gasteiger partial charge in [-0.1, -0.05) is 12.8 Å². The van der Waals surface area contributed by atoms with Crippen LogP contribution in [0.4, 0.5) is 4.39 Å². The highest BCUT2D eigenvalue weighted by atomic mass is 19.1. The molecule has 0 bridgehead atoms. The normalized spacial score (nSPS) is 23.6. The number of carbonyl (C=O) groups excluding carboxylic acids is 1. The predicted octanol–water partition coefficient (Wildman–Crippen LogP) is 2.90. The topological polar surface area (TPSA) is 54.4 Å². The van der Waals surface area contributed by atoms with E-state index in [2.05, 4.69) is 0 Å². The molecular formula is C14H15FO3. The predicted molar refractivity (Wildman–Crippen MR) is 63.8 cm³/mol. The molecule has 1 aliphatic carbocycles. The van der Waals surface area contributed by atoms with E-state index in [4.69, 9.17) is 5.11 Å². The molecule has 1 aromatic carbocycles. The number of Topliss-reactive ketones (excluding diaryl/α,β-unsaturated/α-hetero) is 1. The van der Waals surface area contributed by atoms with Crippen molar-refractivity contribution in [3.63, 3.8) is 0 Å². The van der Waals surface area contributed by atoms with Gasteiger partial charge in [0.1, 0.15) is 5.82 Å². The van der Waals surface area contributed by atoms with E-state index in [9.17, 15) is 14.0 Å². The molecule has 3 nitrogen and oxygen atoms in total. The van der Waals surface area contributed by atoms with E-state index in [1.807, 2.05) is 0 Å². The van der Waals surface area contributed by atoms with Crippen LogP contribution in [0.5, 0.6) is 0 Å². The van der Waals surface area contributed by atoms with E-state index in [0.29, 0.717) is 18.4 Å². The van der Waals surface area contributed by atoms with Crippen molar-refractivity contribution < 1.29 is 19.1 Å². The Kier molecular flexibility index (Phi) is 3.75. The molecule has 0 aliphatic heterocycles. The minimum atomic E-state index is -0.907. The molecule has 1 aromatic rings. The molecule has 1 fully saturated rings. The highest BCUT2D eigenvalue weighted by Gasteiger charge is 2.35. The van der Waals surface area contributed by atoms with Crippen LogP contribution in [-0.4, -0.2) is 16.9 Å². The Hall–Kier alpha value is -1.71. The fraction of sp³-hybridized carbons (Fsp3) is 0.429. The van der Waals surface area contributed by atoms with Crippen LogP contribution in [0.25, 0.3) is 0 Å². The average Bonchev–Trinajstić information content (AvgIpc) is 2.39. The number of carboxylic acid groups (broad SMARTS) is 1. The lowest BCUT2D eigenvalue weighted by atomic mass is 9.75. The summed E-state index contributed by atoms with van der Waals surface area (Å²) >= 11 is 0. The molecule has 0 heterocycles. The molecule has 2 atom stereocenters. The van der Waals surface area contributed by atoms with Gasteiger partial charge in [-0.05, 0) is 37.1 Å². The van der Waals surface area contributed by atoms with Crippen LogP contribution in [-0.2, 0) is 4.79 Å². The summed E-state index contributed by atoms with van der Waals surface area (Å²) < 4.78 is 12.8. The van der Waals surface area contributed by atoms with Gasteiger partial charge in [-0.3, -0.25) is 9.59 Å². The zero-order valence-corrected chi connectivity index (χ0v) is 9.93. The van der Waals surface area contributed by atoms with Crippen LogP contribution in [0.3, 0.4) is 0 Å². The molecule has 1 N–H and O–H groups in total. The maximum Gasteiger partial charge on any atom is 0.307 e. The minimum absolute atomic E-state index is 0.179. The number of carbonyl (C=O) groups is 2. The average molecular weight is 250 g/mol. The Morgan fingerprint density at radius 3 is 2.17 bits per heavy atom. The van der Waals surface area contributed by atoms with Gasteiger partial charge in [0.2, 0.25) is 0 Å². The maximum atomic E-state index is 12.8. The van der Waals surface area contributed by atoms with E-state index in [1.54, 1.807) is 0 Å². The summed E-state index contributed by atoms with van der Waals surface area (Å²) in [6, 6.07) is 5.30. The van der Waals surface area contributed by atoms with Gasteiger partial charge in [0.15, 0.2) is 5.78 Å². The SMILES string of the molecule is O=C(O)[C@H]1CCCC[C@@H]1C(=O)c1ccc(F)cc1. The van der Waals surface area contributed by atoms with Crippen molar-refractivity contribution in [1.82, 2.24) is 0 Å². The highest BCUT2D eigenvalue weighted by Crippen LogP contribution is 2.32. The smallest absolute Gasteiger partial charge is 0.307 e. The van der Waals surface area contributed by atoms with Crippen LogP contribution in [0.15, 0.2) is 24.3 Å². The first-order chi connectivity index (χ1) is 8.59. The summed E-state index contributed by atoms with van der Waals surface area (Å²) in [5.74, 6) is -2.56. The van der Waals surface area contributed by atoms with Crippen LogP contribution in [0.1, 0.15) is 36.0 Å². The molecule has 1 saturated carbocycles. The van der Waals surface area contributed by atoms with Crippen molar-refractivity contribution >= 4 is 11.8 Å². The van der Waals surface area contributed by atoms with Crippen molar-refractivity contribution in [1.29, 1.82) is 0 Å². The standard InChI is InChI=1S/C14H15FO3/c15-10-7-5-9(6-8-10)13(16)11-3-1-2-4-12(11)14(17)18/h5-8,11-12H,1-4H2,(H,17,18)/t11-,12-/m0/s1. The van der Waals surface area contributed by atoms with E-state index in [-0.39, 0.29) is 5.78 Å². The summed E-state index contributed by atoms with van der Waals surface area (Å²) in [5, 5.41) is 9.14. The number of rotatable bonds is 3. The van der Waals surface area contributed by atoms with Gasteiger partial charge >= 0.3 is 5.97 Å². The lowest BCUT2D eigenvalue weighted by molar-refractivity contribution is -0.144. The molecule has 1 aliphatic rings. The van der Waals surface area contributed by atoms with Crippen LogP contribution < -0.4 is 0 Å². The third-order valence-electron chi connectivity index (χ3n) is 3.55. The third-order valence-corrected chi connectivity index (χ3v) is 3.55. The second-order valence-corrected chi connectivity index (χ2v) is 4.71. The highest BCUT2D eigenvalue weighted by molar-refractivity contribution is 5.99. The molecule has 96 valence electrons. The van der Waals surface area contributed by atoms with Crippen LogP contribution in [0.2, 0.25) is 0 Å². The molecule has 0 radical (unpaired) electrons. The monoisotopic (exact) mass is 250 g/mol. The zero-order chi connectivity index (χ0) is 13.1. The first kappa shape index (κ1) is 12.7. The number of carboxylic acids is 1. The molecule has 0 amide bonds. The Labute approximate surface area is 105 Å². The molecule has 0 aromatic heterocycles. The summed E-state index contributed by atoms with van der Waals surface area (Å²) in [6.45, 7) is 0. The Morgan fingerprint density at radius 1 is 1.06 bits per heavy atom. The summed E-state index contributed by atoms with van der Waals surface area (Å²) in [4.78, 5) is 23.4. The first-order valence-corrected chi connectivity index (χ1v) is 6.12. The summed E-state index contributed by atoms with van der Waals surface area (Å²) in [6.07, 6.45) is 2.88. The lowest BCUT2D eigenvalue weighted by Crippen LogP contribution is -2.32. The molecule has 0 spiro atoms. The molecule has 0 saturated heterocycles. The van der Waals surface area contributed by atoms with Crippen LogP contribution in [0, 0.1) is 17.7 Å². The molecule has 0 unspecified atom stereocenters. The van der Waals surface area contributed by atoms with Crippen molar-refractivity contribution in [3.8, 4) is 0 Å². The first-order valence-electron chi connectivity index (χ1n) is 6.12. The van der Waals surface area contributed by atoms with Crippen LogP contribution >= 0.6 is 0 Å². The van der Waals surface area contributed by atoms with Gasteiger partial charge in [-0.15, -0.1) is 0 Å². The summed E-state index contributed by atoms with van der Waals surface area (Å²) in [7, 11) is 0. The number of aliphatic carboxylic acids is 1. The second kappa shape index (κ2) is 5.29. The van der Waals surface area contributed by atoms with Gasteiger partial charge in [0.25, 0.3) is 0 Å². The molecule has 2 rings (SSSR count). The lowest BCUT2D eigenvalue weighted by Gasteiger charge is -2.27. The van der Waals surface area contributed by atoms with Gasteiger partial charge in [-0.25, -0.2) is 4.39 Å². The van der Waals surface area contributed by atoms with Crippen molar-refractivity contribution in [2.24, 2.45) is 11.8 Å². The fourth-order valence-electron chi connectivity index (χ4n) is 2.57. The van der Waals surface area contributed by atoms with Gasteiger partial charge in [0.05, 0.1) is 5.92 Å². The third kappa shape index (κ3) is 2.58. The number of ketones is 1. The fourth-order valence-corrected chi connectivity index (χ4v) is 2.57. The zero-order valence-electron chi connectivity index (χ0n) is 9.93. The van der Waals surface area contributed by atoms with Gasteiger partial charge in [-0.2, -0.15) is 0 Å². The minimum Gasteiger partial charge on any atom is -0.481 e. The van der Waals surface area contributed by atoms with Crippen molar-refractivity contribution in [3.05, 3.63) is 35.6 Å². The molecular weight excluding hydrogens is 235 g/mol. The molecule has 18 heavy (non-hydrogen) atoms. The second-order valence-electron chi connectivity index (χ2n) is 4.71. The molecule has 4 heteroatoms. The van der Waals surface area contributed by atoms with E-state index in [1.165, 1.54) is 24.3 Å². The maximum absolute atomic E-state index is 12.8. The number of hydrogen-bond donors (Lipinski definition) is 1. The van der Waals surface area contributed by atoms with E-state index in [0.717, 1.165) is 12.8 Å². The van der Waals surface area contributed by atoms with Crippen molar-refractivity contribution in [2.45, 2.75) is 25.7 Å². The summed E-state index contributed by atoms with van der Waals surface area (Å²) in [5.41, 5.74) is 0.398. The van der Waals surface area contributed by atoms with Gasteiger partial charge in [0, 0.05) is 11.5 Å². The van der Waals surface area contributed by atoms with E-state index < -0.39 is 23.6 Å². The number of benzene rings is 1. The Morgan fingerprint density at radius 2 is 1.61 bits per heavy atom. The quantitative estimate of drug-likeness (QED) is 0.839. The Balaban J connectivity index is 2.20. The van der Waals surface area contributed by atoms with E-state index >= 15 is 0 Å².